The average molecular weight is 352 g/mol. The van der Waals surface area contributed by atoms with Gasteiger partial charge in [0.25, 0.3) is 5.89 Å². The van der Waals surface area contributed by atoms with Gasteiger partial charge in [0.05, 0.1) is 5.56 Å². The SMILES string of the molecule is Cc1noc(-c2cccnc2N2CCC(c3noc(C4CC4)n3)CC2)n1. The number of aryl methyl sites for hydroxylation is 1. The maximum absolute atomic E-state index is 5.42. The van der Waals surface area contributed by atoms with Crippen LogP contribution < -0.4 is 4.90 Å². The van der Waals surface area contributed by atoms with Gasteiger partial charge in [-0.15, -0.1) is 0 Å². The van der Waals surface area contributed by atoms with E-state index in [1.54, 1.807) is 6.20 Å². The summed E-state index contributed by atoms with van der Waals surface area (Å²) in [5.74, 6) is 4.56. The summed E-state index contributed by atoms with van der Waals surface area (Å²) in [5.41, 5.74) is 0.877. The first-order valence-corrected chi connectivity index (χ1v) is 9.12. The van der Waals surface area contributed by atoms with Crippen LogP contribution in [0.4, 0.5) is 5.82 Å². The second-order valence-corrected chi connectivity index (χ2v) is 7.05. The second kappa shape index (κ2) is 6.19. The van der Waals surface area contributed by atoms with Crippen molar-refractivity contribution in [2.45, 2.75) is 44.4 Å². The van der Waals surface area contributed by atoms with Crippen molar-refractivity contribution in [2.24, 2.45) is 0 Å². The van der Waals surface area contributed by atoms with Gasteiger partial charge in [-0.1, -0.05) is 10.3 Å². The molecule has 134 valence electrons. The number of hydrogen-bond acceptors (Lipinski definition) is 8. The van der Waals surface area contributed by atoms with Crippen molar-refractivity contribution < 1.29 is 9.05 Å². The average Bonchev–Trinajstić information content (AvgIpc) is 3.25. The Hall–Kier alpha value is -2.77. The van der Waals surface area contributed by atoms with Crippen molar-refractivity contribution in [1.82, 2.24) is 25.3 Å². The zero-order valence-corrected chi connectivity index (χ0v) is 14.6. The molecule has 3 aromatic heterocycles. The van der Waals surface area contributed by atoms with Crippen molar-refractivity contribution >= 4 is 5.82 Å². The fourth-order valence-electron chi connectivity index (χ4n) is 3.48. The summed E-state index contributed by atoms with van der Waals surface area (Å²) < 4.78 is 10.8. The van der Waals surface area contributed by atoms with E-state index in [-0.39, 0.29) is 0 Å². The Morgan fingerprint density at radius 3 is 2.58 bits per heavy atom. The van der Waals surface area contributed by atoms with E-state index >= 15 is 0 Å². The summed E-state index contributed by atoms with van der Waals surface area (Å²) in [6.07, 6.45) is 6.11. The Balaban J connectivity index is 1.32. The molecule has 0 amide bonds. The smallest absolute Gasteiger partial charge is 0.261 e. The predicted octanol–water partition coefficient (Wildman–Crippen LogP) is 3.08. The lowest BCUT2D eigenvalue weighted by Crippen LogP contribution is -2.34. The maximum Gasteiger partial charge on any atom is 0.261 e. The van der Waals surface area contributed by atoms with Crippen LogP contribution in [0.1, 0.15) is 55.1 Å². The van der Waals surface area contributed by atoms with Crippen molar-refractivity contribution in [3.05, 3.63) is 35.9 Å². The first kappa shape index (κ1) is 15.5. The molecule has 8 nitrogen and oxygen atoms in total. The van der Waals surface area contributed by atoms with Crippen molar-refractivity contribution in [3.63, 3.8) is 0 Å². The molecule has 0 N–H and O–H groups in total. The molecular weight excluding hydrogens is 332 g/mol. The molecule has 4 heterocycles. The molecule has 2 fully saturated rings. The van der Waals surface area contributed by atoms with Crippen LogP contribution in [-0.2, 0) is 0 Å². The van der Waals surface area contributed by atoms with Crippen LogP contribution in [0, 0.1) is 6.92 Å². The highest BCUT2D eigenvalue weighted by atomic mass is 16.5. The van der Waals surface area contributed by atoms with Crippen molar-refractivity contribution in [3.8, 4) is 11.5 Å². The normalized spacial score (nSPS) is 18.4. The van der Waals surface area contributed by atoms with Gasteiger partial charge in [0.1, 0.15) is 5.82 Å². The van der Waals surface area contributed by atoms with Crippen LogP contribution in [0.3, 0.4) is 0 Å². The molecule has 8 heteroatoms. The van der Waals surface area contributed by atoms with Gasteiger partial charge in [-0.3, -0.25) is 0 Å². The summed E-state index contributed by atoms with van der Waals surface area (Å²) in [6, 6.07) is 3.87. The highest BCUT2D eigenvalue weighted by Crippen LogP contribution is 2.40. The fourth-order valence-corrected chi connectivity index (χ4v) is 3.48. The van der Waals surface area contributed by atoms with Gasteiger partial charge in [0, 0.05) is 31.1 Å². The van der Waals surface area contributed by atoms with E-state index in [2.05, 4.69) is 30.2 Å². The quantitative estimate of drug-likeness (QED) is 0.707. The van der Waals surface area contributed by atoms with Crippen LogP contribution >= 0.6 is 0 Å². The molecular formula is C18H20N6O2. The van der Waals surface area contributed by atoms with Crippen LogP contribution in [-0.4, -0.2) is 38.4 Å². The molecule has 1 aliphatic carbocycles. The zero-order valence-electron chi connectivity index (χ0n) is 14.6. The molecule has 0 spiro atoms. The number of rotatable bonds is 4. The van der Waals surface area contributed by atoms with Crippen molar-refractivity contribution in [2.75, 3.05) is 18.0 Å². The van der Waals surface area contributed by atoms with Gasteiger partial charge in [-0.05, 0) is 44.7 Å². The topological polar surface area (TPSA) is 94.0 Å². The number of hydrogen-bond donors (Lipinski definition) is 0. The molecule has 5 rings (SSSR count). The van der Waals surface area contributed by atoms with E-state index in [1.807, 2.05) is 19.1 Å². The molecule has 0 radical (unpaired) electrons. The third-order valence-corrected chi connectivity index (χ3v) is 5.09. The van der Waals surface area contributed by atoms with Gasteiger partial charge in [-0.25, -0.2) is 4.98 Å². The van der Waals surface area contributed by atoms with E-state index in [9.17, 15) is 0 Å². The summed E-state index contributed by atoms with van der Waals surface area (Å²) in [7, 11) is 0. The summed E-state index contributed by atoms with van der Waals surface area (Å²) in [5, 5.41) is 8.11. The Morgan fingerprint density at radius 1 is 1.00 bits per heavy atom. The second-order valence-electron chi connectivity index (χ2n) is 7.05. The van der Waals surface area contributed by atoms with Gasteiger partial charge < -0.3 is 13.9 Å². The fraction of sp³-hybridized carbons (Fsp3) is 0.500. The van der Waals surface area contributed by atoms with E-state index in [4.69, 9.17) is 9.05 Å². The molecule has 0 unspecified atom stereocenters. The van der Waals surface area contributed by atoms with E-state index < -0.39 is 0 Å². The third-order valence-electron chi connectivity index (χ3n) is 5.09. The maximum atomic E-state index is 5.42. The van der Waals surface area contributed by atoms with Crippen LogP contribution in [0.5, 0.6) is 0 Å². The minimum Gasteiger partial charge on any atom is -0.356 e. The van der Waals surface area contributed by atoms with Gasteiger partial charge in [0.15, 0.2) is 11.6 Å². The highest BCUT2D eigenvalue weighted by Gasteiger charge is 2.32. The molecule has 26 heavy (non-hydrogen) atoms. The number of nitrogens with zero attached hydrogens (tertiary/aromatic N) is 6. The van der Waals surface area contributed by atoms with Gasteiger partial charge >= 0.3 is 0 Å². The number of anilines is 1. The molecule has 1 saturated heterocycles. The van der Waals surface area contributed by atoms with Crippen LogP contribution in [0.15, 0.2) is 27.4 Å². The monoisotopic (exact) mass is 352 g/mol. The number of piperidine rings is 1. The predicted molar refractivity (Wildman–Crippen MR) is 92.7 cm³/mol. The Bertz CT molecular complexity index is 908. The van der Waals surface area contributed by atoms with E-state index in [0.29, 0.717) is 23.6 Å². The molecule has 1 aliphatic heterocycles. The molecule has 0 atom stereocenters. The Kier molecular flexibility index (Phi) is 3.69. The first-order chi connectivity index (χ1) is 12.8. The third kappa shape index (κ3) is 2.85. The lowest BCUT2D eigenvalue weighted by molar-refractivity contribution is 0.364. The standard InChI is InChI=1S/C18H20N6O2/c1-11-20-18(26-22-11)14-3-2-8-19-16(14)24-9-6-12(7-10-24)15-21-17(25-23-15)13-4-5-13/h2-3,8,12-13H,4-7,9-10H2,1H3. The molecule has 1 saturated carbocycles. The number of aromatic nitrogens is 5. The minimum absolute atomic E-state index is 0.348. The lowest BCUT2D eigenvalue weighted by Gasteiger charge is -2.32. The zero-order chi connectivity index (χ0) is 17.5. The van der Waals surface area contributed by atoms with E-state index in [1.165, 1.54) is 12.8 Å². The van der Waals surface area contributed by atoms with Gasteiger partial charge in [-0.2, -0.15) is 9.97 Å². The lowest BCUT2D eigenvalue weighted by atomic mass is 9.96. The van der Waals surface area contributed by atoms with Crippen LogP contribution in [0.2, 0.25) is 0 Å². The molecule has 0 bridgehead atoms. The van der Waals surface area contributed by atoms with Crippen molar-refractivity contribution in [1.29, 1.82) is 0 Å². The van der Waals surface area contributed by atoms with Gasteiger partial charge in [0.2, 0.25) is 5.89 Å². The van der Waals surface area contributed by atoms with Crippen LogP contribution in [0.25, 0.3) is 11.5 Å². The summed E-state index contributed by atoms with van der Waals surface area (Å²) in [6.45, 7) is 3.58. The largest absolute Gasteiger partial charge is 0.356 e. The molecule has 2 aliphatic rings. The van der Waals surface area contributed by atoms with E-state index in [0.717, 1.165) is 49.0 Å². The first-order valence-electron chi connectivity index (χ1n) is 9.12. The molecule has 3 aromatic rings. The summed E-state index contributed by atoms with van der Waals surface area (Å²) >= 11 is 0. The Morgan fingerprint density at radius 2 is 1.85 bits per heavy atom. The molecule has 0 aromatic carbocycles. The minimum atomic E-state index is 0.348. The highest BCUT2D eigenvalue weighted by molar-refractivity contribution is 5.69. The Labute approximate surface area is 150 Å². The number of pyridine rings is 1. The summed E-state index contributed by atoms with van der Waals surface area (Å²) in [4.78, 5) is 15.8.